The van der Waals surface area contributed by atoms with Gasteiger partial charge >= 0.3 is 5.97 Å². The second-order valence-corrected chi connectivity index (χ2v) is 10.2. The molecule has 2 fully saturated rings. The Morgan fingerprint density at radius 2 is 1.89 bits per heavy atom. The maximum Gasteiger partial charge on any atom is 0.320 e. The lowest BCUT2D eigenvalue weighted by Gasteiger charge is -2.38. The van der Waals surface area contributed by atoms with Gasteiger partial charge in [-0.25, -0.2) is 4.39 Å². The van der Waals surface area contributed by atoms with Crippen LogP contribution in [0.3, 0.4) is 0 Å². The molecule has 1 saturated heterocycles. The molecule has 1 aromatic carbocycles. The summed E-state index contributed by atoms with van der Waals surface area (Å²) in [6.07, 6.45) is 4.49. The maximum atomic E-state index is 14.8. The Labute approximate surface area is 230 Å². The number of ether oxygens (including phenoxy) is 1. The number of hydrogen-bond donors (Lipinski definition) is 0. The van der Waals surface area contributed by atoms with Crippen LogP contribution >= 0.6 is 36.6 Å². The van der Waals surface area contributed by atoms with Crippen LogP contribution in [-0.2, 0) is 19.1 Å². The lowest BCUT2D eigenvalue weighted by molar-refractivity contribution is -0.144. The van der Waals surface area contributed by atoms with Crippen molar-refractivity contribution < 1.29 is 23.5 Å². The van der Waals surface area contributed by atoms with Crippen LogP contribution in [0.15, 0.2) is 35.9 Å². The smallest absolute Gasteiger partial charge is 0.320 e. The van der Waals surface area contributed by atoms with Crippen LogP contribution in [0.5, 0.6) is 0 Å². The van der Waals surface area contributed by atoms with E-state index in [-0.39, 0.29) is 65.2 Å². The number of ketones is 1. The van der Waals surface area contributed by atoms with Crippen molar-refractivity contribution in [3.8, 4) is 0 Å². The number of benzene rings is 1. The molecule has 2 aliphatic rings. The molecule has 0 aromatic heterocycles. The van der Waals surface area contributed by atoms with Crippen LogP contribution in [0.25, 0.3) is 0 Å². The first-order valence-corrected chi connectivity index (χ1v) is 13.0. The monoisotopic (exact) mass is 562 g/mol. The van der Waals surface area contributed by atoms with E-state index in [9.17, 15) is 18.8 Å². The van der Waals surface area contributed by atoms with Gasteiger partial charge in [0.05, 0.1) is 19.2 Å². The van der Waals surface area contributed by atoms with E-state index in [4.69, 9.17) is 4.74 Å². The number of carbonyl (C=O) groups excluding carboxylic acids is 3. The predicted octanol–water partition coefficient (Wildman–Crippen LogP) is 4.85. The fraction of sp³-hybridized carbons (Fsp3) is 0.577. The van der Waals surface area contributed by atoms with Crippen LogP contribution in [0.2, 0.25) is 0 Å². The highest BCUT2D eigenvalue weighted by Gasteiger charge is 2.41. The minimum Gasteiger partial charge on any atom is -0.465 e. The number of carbonyl (C=O) groups is 3. The van der Waals surface area contributed by atoms with Crippen molar-refractivity contribution in [2.24, 2.45) is 5.92 Å². The molecule has 0 spiro atoms. The standard InChI is InChI=1S/C26H35FN2O4S.2ClH/c1-4-28(17-24(31)33-5-2)14-12-20-16-29(15-13-23(20)34-18(3)30)25(26(32)19-10-11-19)21-8-6-7-9-22(21)27;;/h6-9,12,19,23,25H,4-5,10-11,13-17H2,1-3H3;2*1H/b20-12+;;. The molecule has 1 saturated carbocycles. The molecule has 2 atom stereocenters. The van der Waals surface area contributed by atoms with Gasteiger partial charge in [-0.1, -0.05) is 43.0 Å². The highest BCUT2D eigenvalue weighted by Crippen LogP contribution is 2.40. The summed E-state index contributed by atoms with van der Waals surface area (Å²) in [7, 11) is 0. The molecule has 0 radical (unpaired) electrons. The third-order valence-corrected chi connectivity index (χ3v) is 7.47. The van der Waals surface area contributed by atoms with Crippen molar-refractivity contribution in [1.29, 1.82) is 0 Å². The largest absolute Gasteiger partial charge is 0.465 e. The van der Waals surface area contributed by atoms with Gasteiger partial charge < -0.3 is 4.74 Å². The third kappa shape index (κ3) is 9.14. The summed E-state index contributed by atoms with van der Waals surface area (Å²) in [4.78, 5) is 41.1. The van der Waals surface area contributed by atoms with Gasteiger partial charge in [-0.2, -0.15) is 0 Å². The number of esters is 1. The van der Waals surface area contributed by atoms with Crippen molar-refractivity contribution in [2.45, 2.75) is 51.3 Å². The number of halogens is 3. The first-order chi connectivity index (χ1) is 16.3. The summed E-state index contributed by atoms with van der Waals surface area (Å²) in [6, 6.07) is 5.91. The summed E-state index contributed by atoms with van der Waals surface area (Å²) in [5.41, 5.74) is 1.47. The lowest BCUT2D eigenvalue weighted by atomic mass is 9.93. The van der Waals surface area contributed by atoms with Gasteiger partial charge in [-0.15, -0.1) is 24.8 Å². The number of nitrogens with zero attached hydrogens (tertiary/aromatic N) is 2. The molecule has 10 heteroatoms. The van der Waals surface area contributed by atoms with Crippen LogP contribution in [-0.4, -0.2) is 71.2 Å². The van der Waals surface area contributed by atoms with E-state index in [0.29, 0.717) is 44.8 Å². The molecule has 1 aliphatic heterocycles. The Morgan fingerprint density at radius 3 is 2.47 bits per heavy atom. The number of Topliss-reactive ketones (excluding diaryl/α,β-unsaturated/α-hetero) is 1. The minimum absolute atomic E-state index is 0. The van der Waals surface area contributed by atoms with Gasteiger partial charge in [0.15, 0.2) is 10.9 Å². The van der Waals surface area contributed by atoms with Crippen molar-refractivity contribution in [2.75, 3.05) is 39.3 Å². The molecule has 2 unspecified atom stereocenters. The fourth-order valence-corrected chi connectivity index (χ4v) is 5.34. The van der Waals surface area contributed by atoms with Gasteiger partial charge in [-0.3, -0.25) is 24.2 Å². The lowest BCUT2D eigenvalue weighted by Crippen LogP contribution is -2.43. The third-order valence-electron chi connectivity index (χ3n) is 6.32. The Kier molecular flexibility index (Phi) is 14.2. The Morgan fingerprint density at radius 1 is 1.19 bits per heavy atom. The molecular weight excluding hydrogens is 526 g/mol. The zero-order chi connectivity index (χ0) is 24.7. The number of rotatable bonds is 11. The summed E-state index contributed by atoms with van der Waals surface area (Å²) < 4.78 is 19.8. The van der Waals surface area contributed by atoms with Gasteiger partial charge in [0.2, 0.25) is 0 Å². The molecule has 3 rings (SSSR count). The second-order valence-electron chi connectivity index (χ2n) is 8.87. The van der Waals surface area contributed by atoms with Gasteiger partial charge in [-0.05, 0) is 44.4 Å². The number of thioether (sulfide) groups is 1. The molecule has 202 valence electrons. The molecule has 0 N–H and O–H groups in total. The van der Waals surface area contributed by atoms with E-state index in [0.717, 1.165) is 18.4 Å². The summed E-state index contributed by atoms with van der Waals surface area (Å²) in [6.45, 7) is 8.17. The van der Waals surface area contributed by atoms with Crippen molar-refractivity contribution in [1.82, 2.24) is 9.80 Å². The number of likely N-dealkylation sites (tertiary alicyclic amines) is 1. The highest BCUT2D eigenvalue weighted by molar-refractivity contribution is 8.14. The molecule has 36 heavy (non-hydrogen) atoms. The van der Waals surface area contributed by atoms with Crippen LogP contribution in [0.4, 0.5) is 4.39 Å². The topological polar surface area (TPSA) is 66.9 Å². The average Bonchev–Trinajstić information content (AvgIpc) is 3.64. The Balaban J connectivity index is 0.00000324. The number of likely N-dealkylation sites (N-methyl/N-ethyl adjacent to an activating group) is 1. The summed E-state index contributed by atoms with van der Waals surface area (Å²) >= 11 is 1.30. The van der Waals surface area contributed by atoms with E-state index in [1.54, 1.807) is 32.0 Å². The first-order valence-electron chi connectivity index (χ1n) is 12.1. The van der Waals surface area contributed by atoms with E-state index in [2.05, 4.69) is 11.0 Å². The van der Waals surface area contributed by atoms with Crippen LogP contribution in [0.1, 0.15) is 51.6 Å². The highest BCUT2D eigenvalue weighted by atomic mass is 35.5. The number of piperidine rings is 1. The van der Waals surface area contributed by atoms with Crippen LogP contribution in [0, 0.1) is 11.7 Å². The first kappa shape index (κ1) is 32.6. The van der Waals surface area contributed by atoms with Crippen molar-refractivity contribution in [3.63, 3.8) is 0 Å². The zero-order valence-corrected chi connectivity index (χ0v) is 23.6. The molecule has 6 nitrogen and oxygen atoms in total. The van der Waals surface area contributed by atoms with Gasteiger partial charge in [0.25, 0.3) is 0 Å². The maximum absolute atomic E-state index is 14.8. The molecule has 1 aromatic rings. The van der Waals surface area contributed by atoms with Crippen LogP contribution < -0.4 is 0 Å². The van der Waals surface area contributed by atoms with E-state index < -0.39 is 6.04 Å². The second kappa shape index (κ2) is 15.7. The summed E-state index contributed by atoms with van der Waals surface area (Å²) in [5.74, 6) is -0.544. The molecule has 1 aliphatic carbocycles. The molecule has 0 bridgehead atoms. The quantitative estimate of drug-likeness (QED) is 0.282. The normalized spacial score (nSPS) is 19.8. The van der Waals surface area contributed by atoms with Gasteiger partial charge in [0, 0.05) is 43.3 Å². The van der Waals surface area contributed by atoms with E-state index in [1.165, 1.54) is 17.8 Å². The average molecular weight is 564 g/mol. The molecular formula is C26H37Cl2FN2O4S. The molecule has 1 heterocycles. The molecule has 0 amide bonds. The Hall–Kier alpha value is -1.45. The van der Waals surface area contributed by atoms with Gasteiger partial charge in [0.1, 0.15) is 5.82 Å². The number of hydrogen-bond acceptors (Lipinski definition) is 7. The summed E-state index contributed by atoms with van der Waals surface area (Å²) in [5, 5.41) is 0.0512. The minimum atomic E-state index is -0.623. The fourth-order valence-electron chi connectivity index (χ4n) is 4.39. The Bertz CT molecular complexity index is 929. The van der Waals surface area contributed by atoms with E-state index >= 15 is 0 Å². The predicted molar refractivity (Wildman–Crippen MR) is 146 cm³/mol. The zero-order valence-electron chi connectivity index (χ0n) is 21.1. The van der Waals surface area contributed by atoms with Crippen molar-refractivity contribution in [3.05, 3.63) is 47.3 Å². The van der Waals surface area contributed by atoms with Crippen molar-refractivity contribution >= 4 is 53.4 Å². The van der Waals surface area contributed by atoms with E-state index in [1.807, 2.05) is 11.8 Å². The SMILES string of the molecule is CCOC(=O)CN(CC)C/C=C1\CN(C(C(=O)C2CC2)c2ccccc2F)CCC1SC(C)=O.Cl.Cl.